The minimum absolute atomic E-state index is 0.225. The molecule has 0 aliphatic rings. The molecule has 1 aromatic rings. The fourth-order valence-electron chi connectivity index (χ4n) is 0.976. The number of hydrogen-bond donors (Lipinski definition) is 0. The second-order valence-corrected chi connectivity index (χ2v) is 4.84. The van der Waals surface area contributed by atoms with Crippen LogP contribution < -0.4 is 0 Å². The first-order valence-electron chi connectivity index (χ1n) is 4.65. The Bertz CT molecular complexity index is 335. The molecule has 0 bridgehead atoms. The van der Waals surface area contributed by atoms with Gasteiger partial charge in [-0.25, -0.2) is 0 Å². The Morgan fingerprint density at radius 3 is 2.67 bits per heavy atom. The summed E-state index contributed by atoms with van der Waals surface area (Å²) in [4.78, 5) is 11.3. The van der Waals surface area contributed by atoms with Gasteiger partial charge >= 0.3 is 5.97 Å². The third-order valence-corrected chi connectivity index (χ3v) is 3.17. The molecule has 82 valence electrons. The summed E-state index contributed by atoms with van der Waals surface area (Å²) in [6, 6.07) is 3.78. The first-order chi connectivity index (χ1) is 7.15. The summed E-state index contributed by atoms with van der Waals surface area (Å²) in [7, 11) is 0. The van der Waals surface area contributed by atoms with E-state index in [1.54, 1.807) is 18.4 Å². The number of carbonyl (C=O) groups is 1. The van der Waals surface area contributed by atoms with Crippen molar-refractivity contribution in [2.24, 2.45) is 0 Å². The smallest absolute Gasteiger partial charge is 0.319 e. The van der Waals surface area contributed by atoms with E-state index in [1.165, 1.54) is 11.8 Å². The maximum atomic E-state index is 11.3. The minimum atomic E-state index is -0.264. The summed E-state index contributed by atoms with van der Waals surface area (Å²) >= 11 is 6.50. The first-order valence-corrected chi connectivity index (χ1v) is 5.94. The largest absolute Gasteiger partial charge is 0.465 e. The molecule has 1 atom stereocenters. The van der Waals surface area contributed by atoms with E-state index in [4.69, 9.17) is 17.0 Å². The predicted molar refractivity (Wildman–Crippen MR) is 66.1 cm³/mol. The Morgan fingerprint density at radius 2 is 2.13 bits per heavy atom. The highest BCUT2D eigenvalue weighted by atomic mass is 32.2. The van der Waals surface area contributed by atoms with E-state index in [0.29, 0.717) is 10.9 Å². The van der Waals surface area contributed by atoms with Crippen LogP contribution in [0.15, 0.2) is 24.5 Å². The van der Waals surface area contributed by atoms with Crippen molar-refractivity contribution >= 4 is 34.3 Å². The van der Waals surface area contributed by atoms with Crippen LogP contribution in [0.5, 0.6) is 0 Å². The first kappa shape index (κ1) is 12.3. The second-order valence-electron chi connectivity index (χ2n) is 2.87. The lowest BCUT2D eigenvalue weighted by Crippen LogP contribution is -2.19. The van der Waals surface area contributed by atoms with Crippen LogP contribution in [-0.2, 0) is 9.53 Å². The predicted octanol–water partition coefficient (Wildman–Crippen LogP) is 2.31. The lowest BCUT2D eigenvalue weighted by atomic mass is 10.5. The standard InChI is InChI=1S/C10H13NO2S2/c1-3-13-9(12)8(2)15-10(14)11-6-4-5-7-11/h4-8H,3H2,1-2H3. The van der Waals surface area contributed by atoms with Crippen LogP contribution in [0.2, 0.25) is 0 Å². The Kier molecular flexibility index (Phi) is 4.84. The fraction of sp³-hybridized carbons (Fsp3) is 0.400. The van der Waals surface area contributed by atoms with Crippen molar-refractivity contribution in [3.8, 4) is 0 Å². The van der Waals surface area contributed by atoms with Crippen LogP contribution in [-0.4, -0.2) is 26.7 Å². The Morgan fingerprint density at radius 1 is 1.53 bits per heavy atom. The summed E-state index contributed by atoms with van der Waals surface area (Å²) in [5.41, 5.74) is 0. The van der Waals surface area contributed by atoms with Crippen molar-refractivity contribution in [1.29, 1.82) is 0 Å². The number of ether oxygens (including phenoxy) is 1. The molecule has 0 saturated carbocycles. The van der Waals surface area contributed by atoms with E-state index in [2.05, 4.69) is 0 Å². The highest BCUT2D eigenvalue weighted by Gasteiger charge is 2.17. The van der Waals surface area contributed by atoms with Gasteiger partial charge in [-0.3, -0.25) is 4.79 Å². The van der Waals surface area contributed by atoms with Gasteiger partial charge in [-0.05, 0) is 26.0 Å². The van der Waals surface area contributed by atoms with Gasteiger partial charge < -0.3 is 9.30 Å². The maximum Gasteiger partial charge on any atom is 0.319 e. The molecule has 1 rings (SSSR count). The molecule has 1 heterocycles. The van der Waals surface area contributed by atoms with Gasteiger partial charge in [0, 0.05) is 12.4 Å². The van der Waals surface area contributed by atoms with Crippen LogP contribution >= 0.6 is 24.0 Å². The lowest BCUT2D eigenvalue weighted by Gasteiger charge is -2.11. The Labute approximate surface area is 98.8 Å². The molecule has 5 heteroatoms. The molecule has 1 unspecified atom stereocenters. The minimum Gasteiger partial charge on any atom is -0.465 e. The van der Waals surface area contributed by atoms with Crippen molar-refractivity contribution < 1.29 is 9.53 Å². The average Bonchev–Trinajstić information content (AvgIpc) is 2.70. The molecule has 0 saturated heterocycles. The normalized spacial score (nSPS) is 12.1. The van der Waals surface area contributed by atoms with Gasteiger partial charge in [0.2, 0.25) is 0 Å². The molecule has 0 aromatic carbocycles. The molecule has 1 aromatic heterocycles. The van der Waals surface area contributed by atoms with Crippen LogP contribution in [0.3, 0.4) is 0 Å². The number of aromatic nitrogens is 1. The molecular formula is C10H13NO2S2. The Hall–Kier alpha value is -0.810. The number of thioether (sulfide) groups is 1. The van der Waals surface area contributed by atoms with Gasteiger partial charge in [0.15, 0.2) is 0 Å². The van der Waals surface area contributed by atoms with E-state index in [-0.39, 0.29) is 11.2 Å². The summed E-state index contributed by atoms with van der Waals surface area (Å²) in [5.74, 6) is -0.225. The summed E-state index contributed by atoms with van der Waals surface area (Å²) in [6.45, 7) is 3.98. The van der Waals surface area contributed by atoms with E-state index < -0.39 is 0 Å². The summed E-state index contributed by atoms with van der Waals surface area (Å²) < 4.78 is 7.35. The van der Waals surface area contributed by atoms with Crippen LogP contribution in [0.4, 0.5) is 0 Å². The van der Waals surface area contributed by atoms with Crippen molar-refractivity contribution in [1.82, 2.24) is 4.57 Å². The van der Waals surface area contributed by atoms with Crippen molar-refractivity contribution in [2.45, 2.75) is 19.1 Å². The molecule has 0 aliphatic heterocycles. The zero-order chi connectivity index (χ0) is 11.3. The lowest BCUT2D eigenvalue weighted by molar-refractivity contribution is -0.142. The van der Waals surface area contributed by atoms with E-state index in [0.717, 1.165) is 0 Å². The zero-order valence-electron chi connectivity index (χ0n) is 8.67. The van der Waals surface area contributed by atoms with Gasteiger partial charge in [-0.1, -0.05) is 24.0 Å². The number of thiocarbonyl (C=S) groups is 1. The second kappa shape index (κ2) is 5.92. The monoisotopic (exact) mass is 243 g/mol. The van der Waals surface area contributed by atoms with Gasteiger partial charge in [0.1, 0.15) is 9.57 Å². The third kappa shape index (κ3) is 3.68. The van der Waals surface area contributed by atoms with E-state index in [1.807, 2.05) is 24.5 Å². The van der Waals surface area contributed by atoms with Gasteiger partial charge in [0.25, 0.3) is 0 Å². The van der Waals surface area contributed by atoms with E-state index >= 15 is 0 Å². The highest BCUT2D eigenvalue weighted by molar-refractivity contribution is 8.23. The summed E-state index contributed by atoms with van der Waals surface area (Å²) in [6.07, 6.45) is 3.71. The maximum absolute atomic E-state index is 11.3. The molecule has 0 aliphatic carbocycles. The fourth-order valence-corrected chi connectivity index (χ4v) is 2.24. The zero-order valence-corrected chi connectivity index (χ0v) is 10.3. The molecule has 0 N–H and O–H groups in total. The molecule has 0 radical (unpaired) electrons. The van der Waals surface area contributed by atoms with E-state index in [9.17, 15) is 4.79 Å². The number of carbonyl (C=O) groups excluding carboxylic acids is 1. The molecule has 0 fully saturated rings. The average molecular weight is 243 g/mol. The van der Waals surface area contributed by atoms with Crippen LogP contribution in [0.25, 0.3) is 0 Å². The molecular weight excluding hydrogens is 230 g/mol. The SMILES string of the molecule is CCOC(=O)C(C)SC(=S)n1cccc1. The van der Waals surface area contributed by atoms with Crippen molar-refractivity contribution in [3.05, 3.63) is 24.5 Å². The van der Waals surface area contributed by atoms with Crippen molar-refractivity contribution in [3.63, 3.8) is 0 Å². The van der Waals surface area contributed by atoms with Crippen LogP contribution in [0, 0.1) is 0 Å². The molecule has 0 amide bonds. The molecule has 0 spiro atoms. The third-order valence-electron chi connectivity index (χ3n) is 1.71. The number of hydrogen-bond acceptors (Lipinski definition) is 4. The summed E-state index contributed by atoms with van der Waals surface area (Å²) in [5, 5.41) is -0.264. The quantitative estimate of drug-likeness (QED) is 0.602. The van der Waals surface area contributed by atoms with Crippen LogP contribution in [0.1, 0.15) is 13.8 Å². The number of esters is 1. The van der Waals surface area contributed by atoms with Crippen molar-refractivity contribution in [2.75, 3.05) is 6.61 Å². The molecule has 3 nitrogen and oxygen atoms in total. The molecule has 15 heavy (non-hydrogen) atoms. The van der Waals surface area contributed by atoms with Gasteiger partial charge in [-0.2, -0.15) is 0 Å². The highest BCUT2D eigenvalue weighted by Crippen LogP contribution is 2.16. The van der Waals surface area contributed by atoms with Gasteiger partial charge in [0.05, 0.1) is 6.61 Å². The van der Waals surface area contributed by atoms with Gasteiger partial charge in [-0.15, -0.1) is 0 Å². The topological polar surface area (TPSA) is 31.2 Å². The Balaban J connectivity index is 2.48. The number of rotatable bonds is 3. The number of nitrogens with zero attached hydrogens (tertiary/aromatic N) is 1.